The molecule has 0 saturated carbocycles. The van der Waals surface area contributed by atoms with Crippen LogP contribution in [0.3, 0.4) is 0 Å². The Morgan fingerprint density at radius 1 is 0.659 bits per heavy atom. The zero-order valence-corrected chi connectivity index (χ0v) is 25.3. The zero-order chi connectivity index (χ0) is 29.2. The quantitative estimate of drug-likeness (QED) is 0.158. The van der Waals surface area contributed by atoms with E-state index >= 15 is 0 Å². The zero-order valence-electron chi connectivity index (χ0n) is 22.0. The highest BCUT2D eigenvalue weighted by atomic mass is 32.2. The number of hydrogen-bond acceptors (Lipinski definition) is 8. The number of carbonyl (C=O) groups is 4. The smallest absolute Gasteiger partial charge is 0.266 e. The largest absolute Gasteiger partial charge is 0.293 e. The van der Waals surface area contributed by atoms with Gasteiger partial charge in [0.25, 0.3) is 11.8 Å². The molecule has 8 nitrogen and oxygen atoms in total. The molecule has 0 bridgehead atoms. The molecule has 2 aromatic carbocycles. The number of hydrogen-bond donors (Lipinski definition) is 2. The number of unbranched alkanes of at least 4 members (excludes halogenated alkanes) is 2. The summed E-state index contributed by atoms with van der Waals surface area (Å²) < 4.78 is 0.934. The van der Waals surface area contributed by atoms with Crippen LogP contribution in [-0.2, 0) is 19.2 Å². The highest BCUT2D eigenvalue weighted by Gasteiger charge is 2.32. The van der Waals surface area contributed by atoms with Crippen LogP contribution < -0.4 is 10.9 Å². The van der Waals surface area contributed by atoms with Gasteiger partial charge in [0.1, 0.15) is 8.64 Å². The van der Waals surface area contributed by atoms with E-state index in [9.17, 15) is 19.2 Å². The average molecular weight is 625 g/mol. The van der Waals surface area contributed by atoms with Crippen LogP contribution in [0.15, 0.2) is 70.5 Å². The van der Waals surface area contributed by atoms with Gasteiger partial charge in [-0.2, -0.15) is 0 Å². The fraction of sp³-hybridized carbons (Fsp3) is 0.241. The molecule has 4 rings (SSSR count). The number of nitrogens with one attached hydrogen (secondary N) is 2. The van der Waals surface area contributed by atoms with E-state index in [1.54, 1.807) is 11.0 Å². The first-order chi connectivity index (χ1) is 19.8. The first-order valence-corrected chi connectivity index (χ1v) is 15.5. The summed E-state index contributed by atoms with van der Waals surface area (Å²) in [6.45, 7) is 0.614. The summed E-state index contributed by atoms with van der Waals surface area (Å²) in [7, 11) is 0. The lowest BCUT2D eigenvalue weighted by Gasteiger charge is -2.15. The van der Waals surface area contributed by atoms with Crippen molar-refractivity contribution in [3.8, 4) is 0 Å². The summed E-state index contributed by atoms with van der Waals surface area (Å²) in [6.07, 6.45) is 5.86. The predicted molar refractivity (Wildman–Crippen MR) is 172 cm³/mol. The van der Waals surface area contributed by atoms with Crippen LogP contribution in [0.1, 0.15) is 43.2 Å². The van der Waals surface area contributed by atoms with Gasteiger partial charge in [-0.05, 0) is 36.1 Å². The number of nitrogens with zero attached hydrogens (tertiary/aromatic N) is 2. The number of thiocarbonyl (C=S) groups is 2. The first-order valence-electron chi connectivity index (χ1n) is 13.0. The van der Waals surface area contributed by atoms with E-state index in [1.165, 1.54) is 28.4 Å². The molecule has 0 aromatic heterocycles. The van der Waals surface area contributed by atoms with Crippen LogP contribution in [0.25, 0.3) is 12.2 Å². The van der Waals surface area contributed by atoms with E-state index < -0.39 is 5.91 Å². The molecule has 2 aliphatic heterocycles. The Morgan fingerprint density at radius 2 is 1.12 bits per heavy atom. The Labute approximate surface area is 258 Å². The second-order valence-electron chi connectivity index (χ2n) is 9.15. The molecule has 2 aromatic rings. The molecule has 2 saturated heterocycles. The van der Waals surface area contributed by atoms with Crippen LogP contribution in [0, 0.1) is 0 Å². The fourth-order valence-corrected chi connectivity index (χ4v) is 6.61. The first kappa shape index (κ1) is 30.6. The molecular weight excluding hydrogens is 597 g/mol. The summed E-state index contributed by atoms with van der Waals surface area (Å²) in [5, 5.41) is 0. The Kier molecular flexibility index (Phi) is 11.3. The predicted octanol–water partition coefficient (Wildman–Crippen LogP) is 4.89. The molecule has 12 heteroatoms. The molecule has 212 valence electrons. The maximum atomic E-state index is 12.7. The lowest BCUT2D eigenvalue weighted by molar-refractivity contribution is -0.129. The highest BCUT2D eigenvalue weighted by Crippen LogP contribution is 2.33. The Bertz CT molecular complexity index is 1400. The third-order valence-electron chi connectivity index (χ3n) is 6.13. The van der Waals surface area contributed by atoms with Crippen molar-refractivity contribution in [2.24, 2.45) is 0 Å². The van der Waals surface area contributed by atoms with Gasteiger partial charge in [-0.3, -0.25) is 39.8 Å². The van der Waals surface area contributed by atoms with Gasteiger partial charge in [0.2, 0.25) is 11.8 Å². The minimum Gasteiger partial charge on any atom is -0.293 e. The van der Waals surface area contributed by atoms with Gasteiger partial charge in [0.15, 0.2) is 0 Å². The fourth-order valence-electron chi connectivity index (χ4n) is 4.00. The molecule has 2 N–H and O–H groups in total. The number of benzene rings is 2. The van der Waals surface area contributed by atoms with Crippen molar-refractivity contribution in [3.05, 3.63) is 81.6 Å². The second-order valence-corrected chi connectivity index (χ2v) is 12.5. The van der Waals surface area contributed by atoms with Crippen LogP contribution in [0.4, 0.5) is 0 Å². The van der Waals surface area contributed by atoms with Crippen LogP contribution in [0.5, 0.6) is 0 Å². The van der Waals surface area contributed by atoms with Gasteiger partial charge in [-0.15, -0.1) is 0 Å². The van der Waals surface area contributed by atoms with E-state index in [4.69, 9.17) is 24.4 Å². The van der Waals surface area contributed by atoms with E-state index in [2.05, 4.69) is 10.9 Å². The number of amides is 4. The molecule has 0 spiro atoms. The average Bonchev–Trinajstić information content (AvgIpc) is 3.39. The van der Waals surface area contributed by atoms with Gasteiger partial charge in [0, 0.05) is 25.9 Å². The van der Waals surface area contributed by atoms with E-state index in [0.29, 0.717) is 37.8 Å². The van der Waals surface area contributed by atoms with Crippen molar-refractivity contribution in [2.45, 2.75) is 32.1 Å². The molecular formula is C29H28N4O4S4. The summed E-state index contributed by atoms with van der Waals surface area (Å²) in [6, 6.07) is 19.1. The van der Waals surface area contributed by atoms with Gasteiger partial charge in [-0.1, -0.05) is 115 Å². The van der Waals surface area contributed by atoms with Crippen molar-refractivity contribution in [3.63, 3.8) is 0 Å². The van der Waals surface area contributed by atoms with E-state index in [-0.39, 0.29) is 37.1 Å². The standard InChI is InChI=1S/C29H28N4O4S4/c34-24(14-8-3-9-16-32-26(36)22(40-28(32)38)18-20-10-4-1-5-11-20)30-31-25(35)15-17-33-27(37)23(41-29(33)39)19-21-12-6-2-7-13-21/h1-2,4-7,10-13,18-19H,3,8-9,14-17H2,(H,30,34)(H,31,35). The van der Waals surface area contributed by atoms with Gasteiger partial charge < -0.3 is 0 Å². The van der Waals surface area contributed by atoms with E-state index in [0.717, 1.165) is 17.5 Å². The Balaban J connectivity index is 1.10. The molecule has 0 aliphatic carbocycles. The number of carbonyl (C=O) groups excluding carboxylic acids is 4. The number of thioether (sulfide) groups is 2. The molecule has 2 aliphatic rings. The number of rotatable bonds is 11. The topological polar surface area (TPSA) is 98.8 Å². The van der Waals surface area contributed by atoms with Crippen molar-refractivity contribution in [1.29, 1.82) is 0 Å². The van der Waals surface area contributed by atoms with Gasteiger partial charge in [-0.25, -0.2) is 0 Å². The Morgan fingerprint density at radius 3 is 1.63 bits per heavy atom. The monoisotopic (exact) mass is 624 g/mol. The van der Waals surface area contributed by atoms with Crippen molar-refractivity contribution >= 4 is 92.4 Å². The maximum absolute atomic E-state index is 12.7. The minimum absolute atomic E-state index is 0.00612. The molecule has 0 unspecified atom stereocenters. The van der Waals surface area contributed by atoms with Gasteiger partial charge in [0.05, 0.1) is 9.81 Å². The second kappa shape index (κ2) is 15.1. The summed E-state index contributed by atoms with van der Waals surface area (Å²) in [5.41, 5.74) is 6.64. The molecule has 0 radical (unpaired) electrons. The Hall–Kier alpha value is -3.32. The SMILES string of the molecule is O=C(CCCCCN1C(=O)C(=Cc2ccccc2)SC1=S)NNC(=O)CCN1C(=O)C(=Cc2ccccc2)SC1=S. The normalized spacial score (nSPS) is 17.2. The van der Waals surface area contributed by atoms with Crippen LogP contribution in [-0.4, -0.2) is 55.2 Å². The molecule has 0 atom stereocenters. The van der Waals surface area contributed by atoms with Crippen molar-refractivity contribution in [2.75, 3.05) is 13.1 Å². The molecule has 4 amide bonds. The number of hydrazine groups is 1. The summed E-state index contributed by atoms with van der Waals surface area (Å²) >= 11 is 13.2. The molecule has 2 fully saturated rings. The molecule has 2 heterocycles. The van der Waals surface area contributed by atoms with Crippen LogP contribution >= 0.6 is 48.0 Å². The van der Waals surface area contributed by atoms with E-state index in [1.807, 2.05) is 66.7 Å². The van der Waals surface area contributed by atoms with Gasteiger partial charge >= 0.3 is 0 Å². The third kappa shape index (κ3) is 8.83. The van der Waals surface area contributed by atoms with Crippen molar-refractivity contribution < 1.29 is 19.2 Å². The lowest BCUT2D eigenvalue weighted by atomic mass is 10.2. The van der Waals surface area contributed by atoms with Crippen LogP contribution in [0.2, 0.25) is 0 Å². The highest BCUT2D eigenvalue weighted by molar-refractivity contribution is 8.27. The summed E-state index contributed by atoms with van der Waals surface area (Å²) in [5.74, 6) is -1.06. The molecule has 41 heavy (non-hydrogen) atoms. The van der Waals surface area contributed by atoms with Crippen molar-refractivity contribution in [1.82, 2.24) is 20.7 Å². The third-order valence-corrected chi connectivity index (χ3v) is 8.89. The summed E-state index contributed by atoms with van der Waals surface area (Å²) in [4.78, 5) is 53.9. The lowest BCUT2D eigenvalue weighted by Crippen LogP contribution is -2.43. The minimum atomic E-state index is -0.419. The maximum Gasteiger partial charge on any atom is 0.266 e.